The van der Waals surface area contributed by atoms with Crippen molar-refractivity contribution >= 4 is 0 Å². The third kappa shape index (κ3) is 2.41. The Kier molecular flexibility index (Phi) is 2.32. The van der Waals surface area contributed by atoms with Crippen molar-refractivity contribution in [3.8, 4) is 0 Å². The predicted octanol–water partition coefficient (Wildman–Crippen LogP) is 1.17. The molecule has 76 valence electrons. The van der Waals surface area contributed by atoms with Crippen molar-refractivity contribution in [2.45, 2.75) is 44.4 Å². The predicted molar refractivity (Wildman–Crippen MR) is 51.6 cm³/mol. The molecule has 1 saturated carbocycles. The van der Waals surface area contributed by atoms with E-state index in [1.54, 1.807) is 0 Å². The summed E-state index contributed by atoms with van der Waals surface area (Å²) in [5, 5.41) is 3.45. The van der Waals surface area contributed by atoms with E-state index in [2.05, 4.69) is 24.1 Å². The fraction of sp³-hybridized carbons (Fsp3) is 1.00. The number of nitrogens with one attached hydrogen (secondary N) is 1. The first kappa shape index (κ1) is 9.41. The lowest BCUT2D eigenvalue weighted by atomic mass is 10.1. The number of piperazine rings is 1. The van der Waals surface area contributed by atoms with Gasteiger partial charge in [-0.15, -0.1) is 0 Å². The van der Waals surface area contributed by atoms with E-state index >= 15 is 0 Å². The van der Waals surface area contributed by atoms with Gasteiger partial charge in [-0.05, 0) is 26.7 Å². The SMILES string of the molecule is CC1CN(CC2(F)CC2)CC(C)N1. The van der Waals surface area contributed by atoms with Gasteiger partial charge in [-0.3, -0.25) is 4.90 Å². The quantitative estimate of drug-likeness (QED) is 0.696. The van der Waals surface area contributed by atoms with E-state index in [1.807, 2.05) is 0 Å². The molecule has 0 radical (unpaired) electrons. The molecule has 2 atom stereocenters. The summed E-state index contributed by atoms with van der Waals surface area (Å²) in [6, 6.07) is 1.01. The van der Waals surface area contributed by atoms with Gasteiger partial charge < -0.3 is 5.32 Å². The molecule has 1 N–H and O–H groups in total. The van der Waals surface area contributed by atoms with E-state index in [4.69, 9.17) is 0 Å². The van der Waals surface area contributed by atoms with Gasteiger partial charge in [0.2, 0.25) is 0 Å². The summed E-state index contributed by atoms with van der Waals surface area (Å²) in [6.45, 7) is 6.98. The van der Waals surface area contributed by atoms with Crippen molar-refractivity contribution in [3.63, 3.8) is 0 Å². The van der Waals surface area contributed by atoms with Crippen molar-refractivity contribution in [1.29, 1.82) is 0 Å². The van der Waals surface area contributed by atoms with E-state index in [0.717, 1.165) is 25.9 Å². The highest BCUT2D eigenvalue weighted by molar-refractivity contribution is 4.98. The molecule has 2 aliphatic rings. The van der Waals surface area contributed by atoms with Gasteiger partial charge in [-0.2, -0.15) is 0 Å². The maximum Gasteiger partial charge on any atom is 0.123 e. The summed E-state index contributed by atoms with van der Waals surface area (Å²) >= 11 is 0. The van der Waals surface area contributed by atoms with E-state index in [1.165, 1.54) is 0 Å². The van der Waals surface area contributed by atoms with Crippen molar-refractivity contribution in [2.75, 3.05) is 19.6 Å². The van der Waals surface area contributed by atoms with E-state index in [0.29, 0.717) is 18.6 Å². The van der Waals surface area contributed by atoms with Crippen LogP contribution in [0.4, 0.5) is 4.39 Å². The zero-order valence-corrected chi connectivity index (χ0v) is 8.52. The van der Waals surface area contributed by atoms with Crippen molar-refractivity contribution < 1.29 is 4.39 Å². The van der Waals surface area contributed by atoms with Crippen LogP contribution in [-0.2, 0) is 0 Å². The van der Waals surface area contributed by atoms with Gasteiger partial charge in [0, 0.05) is 31.7 Å². The minimum Gasteiger partial charge on any atom is -0.309 e. The summed E-state index contributed by atoms with van der Waals surface area (Å²) < 4.78 is 13.5. The first-order chi connectivity index (χ1) is 6.07. The molecule has 2 rings (SSSR count). The largest absolute Gasteiger partial charge is 0.309 e. The van der Waals surface area contributed by atoms with Crippen LogP contribution in [0.5, 0.6) is 0 Å². The monoisotopic (exact) mass is 186 g/mol. The Hall–Kier alpha value is -0.150. The topological polar surface area (TPSA) is 15.3 Å². The van der Waals surface area contributed by atoms with E-state index in [-0.39, 0.29) is 0 Å². The third-order valence-electron chi connectivity index (χ3n) is 2.93. The van der Waals surface area contributed by atoms with Gasteiger partial charge in [-0.25, -0.2) is 4.39 Å². The Morgan fingerprint density at radius 1 is 1.31 bits per heavy atom. The summed E-state index contributed by atoms with van der Waals surface area (Å²) in [7, 11) is 0. The Labute approximate surface area is 79.5 Å². The molecule has 0 amide bonds. The lowest BCUT2D eigenvalue weighted by Gasteiger charge is -2.36. The number of hydrogen-bond donors (Lipinski definition) is 1. The van der Waals surface area contributed by atoms with Gasteiger partial charge in [-0.1, -0.05) is 0 Å². The van der Waals surface area contributed by atoms with Crippen LogP contribution in [0.2, 0.25) is 0 Å². The van der Waals surface area contributed by atoms with Crippen LogP contribution in [0.25, 0.3) is 0 Å². The molecule has 0 aromatic rings. The van der Waals surface area contributed by atoms with Crippen molar-refractivity contribution in [2.24, 2.45) is 0 Å². The van der Waals surface area contributed by atoms with E-state index < -0.39 is 5.67 Å². The second-order valence-corrected chi connectivity index (χ2v) is 4.81. The van der Waals surface area contributed by atoms with E-state index in [9.17, 15) is 4.39 Å². The average molecular weight is 186 g/mol. The average Bonchev–Trinajstić information content (AvgIpc) is 2.64. The lowest BCUT2D eigenvalue weighted by molar-refractivity contribution is 0.123. The maximum absolute atomic E-state index is 13.5. The highest BCUT2D eigenvalue weighted by atomic mass is 19.1. The zero-order chi connectivity index (χ0) is 9.47. The maximum atomic E-state index is 13.5. The Morgan fingerprint density at radius 3 is 2.31 bits per heavy atom. The molecule has 1 aliphatic carbocycles. The summed E-state index contributed by atoms with van der Waals surface area (Å²) in [4.78, 5) is 2.26. The minimum absolute atomic E-state index is 0.506. The number of nitrogens with zero attached hydrogens (tertiary/aromatic N) is 1. The third-order valence-corrected chi connectivity index (χ3v) is 2.93. The Bertz CT molecular complexity index is 181. The van der Waals surface area contributed by atoms with Crippen molar-refractivity contribution in [1.82, 2.24) is 10.2 Å². The molecule has 0 aromatic heterocycles. The molecular formula is C10H19FN2. The van der Waals surface area contributed by atoms with Gasteiger partial charge in [0.15, 0.2) is 0 Å². The molecular weight excluding hydrogens is 167 g/mol. The molecule has 1 aliphatic heterocycles. The van der Waals surface area contributed by atoms with Gasteiger partial charge in [0.25, 0.3) is 0 Å². The van der Waals surface area contributed by atoms with Crippen LogP contribution in [0.15, 0.2) is 0 Å². The first-order valence-electron chi connectivity index (χ1n) is 5.25. The molecule has 2 nitrogen and oxygen atoms in total. The number of alkyl halides is 1. The summed E-state index contributed by atoms with van der Waals surface area (Å²) in [5.41, 5.74) is -0.823. The molecule has 3 heteroatoms. The fourth-order valence-corrected chi connectivity index (χ4v) is 2.26. The minimum atomic E-state index is -0.823. The number of rotatable bonds is 2. The number of halogens is 1. The van der Waals surface area contributed by atoms with Gasteiger partial charge in [0.05, 0.1) is 0 Å². The zero-order valence-electron chi connectivity index (χ0n) is 8.52. The molecule has 2 unspecified atom stereocenters. The molecule has 1 saturated heterocycles. The van der Waals surface area contributed by atoms with Crippen LogP contribution in [0.3, 0.4) is 0 Å². The second-order valence-electron chi connectivity index (χ2n) is 4.81. The number of hydrogen-bond acceptors (Lipinski definition) is 2. The molecule has 2 fully saturated rings. The second kappa shape index (κ2) is 3.21. The van der Waals surface area contributed by atoms with Crippen LogP contribution >= 0.6 is 0 Å². The summed E-state index contributed by atoms with van der Waals surface area (Å²) in [5.74, 6) is 0. The van der Waals surface area contributed by atoms with Gasteiger partial charge >= 0.3 is 0 Å². The standard InChI is InChI=1S/C10H19FN2/c1-8-5-13(6-9(2)12-8)7-10(11)3-4-10/h8-9,12H,3-7H2,1-2H3. The van der Waals surface area contributed by atoms with Crippen LogP contribution in [0.1, 0.15) is 26.7 Å². The summed E-state index contributed by atoms with van der Waals surface area (Å²) in [6.07, 6.45) is 1.55. The lowest BCUT2D eigenvalue weighted by Crippen LogP contribution is -2.55. The fourth-order valence-electron chi connectivity index (χ4n) is 2.26. The molecule has 13 heavy (non-hydrogen) atoms. The molecule has 0 spiro atoms. The Morgan fingerprint density at radius 2 is 1.85 bits per heavy atom. The highest BCUT2D eigenvalue weighted by Crippen LogP contribution is 2.40. The highest BCUT2D eigenvalue weighted by Gasteiger charge is 2.45. The molecule has 1 heterocycles. The normalized spacial score (nSPS) is 39.0. The molecule has 0 aromatic carbocycles. The Balaban J connectivity index is 1.84. The van der Waals surface area contributed by atoms with Crippen LogP contribution in [0, 0.1) is 0 Å². The van der Waals surface area contributed by atoms with Crippen molar-refractivity contribution in [3.05, 3.63) is 0 Å². The smallest absolute Gasteiger partial charge is 0.123 e. The van der Waals surface area contributed by atoms with Gasteiger partial charge in [0.1, 0.15) is 5.67 Å². The van der Waals surface area contributed by atoms with Crippen LogP contribution in [-0.4, -0.2) is 42.3 Å². The van der Waals surface area contributed by atoms with Crippen LogP contribution < -0.4 is 5.32 Å². The first-order valence-corrected chi connectivity index (χ1v) is 5.25. The molecule has 0 bridgehead atoms.